The summed E-state index contributed by atoms with van der Waals surface area (Å²) in [7, 11) is 1.66. The Bertz CT molecular complexity index is 683. The molecular weight excluding hydrogens is 340 g/mol. The summed E-state index contributed by atoms with van der Waals surface area (Å²) >= 11 is 0. The van der Waals surface area contributed by atoms with E-state index in [4.69, 9.17) is 4.74 Å². The topological polar surface area (TPSA) is 49.9 Å². The van der Waals surface area contributed by atoms with Crippen molar-refractivity contribution in [2.24, 2.45) is 11.8 Å². The monoisotopic (exact) mass is 370 g/mol. The molecule has 0 spiro atoms. The molecule has 2 amide bonds. The van der Waals surface area contributed by atoms with Crippen LogP contribution < -0.4 is 4.74 Å². The van der Waals surface area contributed by atoms with Gasteiger partial charge in [0.25, 0.3) is 0 Å². The molecule has 1 saturated carbocycles. The van der Waals surface area contributed by atoms with Gasteiger partial charge >= 0.3 is 0 Å². The molecule has 5 nitrogen and oxygen atoms in total. The van der Waals surface area contributed by atoms with Gasteiger partial charge in [0.15, 0.2) is 0 Å². The Labute approximate surface area is 161 Å². The first-order valence-corrected chi connectivity index (χ1v) is 10.3. The maximum Gasteiger partial charge on any atom is 0.225 e. The van der Waals surface area contributed by atoms with E-state index in [-0.39, 0.29) is 17.9 Å². The molecule has 2 atom stereocenters. The molecule has 2 bridgehead atoms. The van der Waals surface area contributed by atoms with Crippen molar-refractivity contribution in [2.75, 3.05) is 26.7 Å². The Kier molecular flexibility index (Phi) is 5.37. The van der Waals surface area contributed by atoms with E-state index in [1.165, 1.54) is 6.42 Å². The molecule has 0 aromatic heterocycles. The molecule has 3 aliphatic heterocycles. The molecule has 1 aliphatic carbocycles. The summed E-state index contributed by atoms with van der Waals surface area (Å²) < 4.78 is 5.19. The van der Waals surface area contributed by atoms with Crippen LogP contribution in [0.15, 0.2) is 24.3 Å². The third-order valence-electron chi connectivity index (χ3n) is 6.59. The third kappa shape index (κ3) is 3.97. The highest BCUT2D eigenvalue weighted by atomic mass is 16.5. The zero-order valence-corrected chi connectivity index (χ0v) is 16.2. The van der Waals surface area contributed by atoms with Crippen molar-refractivity contribution in [3.63, 3.8) is 0 Å². The quantitative estimate of drug-likeness (QED) is 0.801. The number of amides is 2. The van der Waals surface area contributed by atoms with Gasteiger partial charge in [0.2, 0.25) is 11.8 Å². The molecule has 5 rings (SSSR count). The Balaban J connectivity index is 1.35. The number of nitrogens with zero attached hydrogens (tertiary/aromatic N) is 2. The zero-order valence-electron chi connectivity index (χ0n) is 16.2. The minimum atomic E-state index is 0.205. The van der Waals surface area contributed by atoms with Crippen molar-refractivity contribution in [3.8, 4) is 5.75 Å². The van der Waals surface area contributed by atoms with E-state index in [9.17, 15) is 9.59 Å². The van der Waals surface area contributed by atoms with Crippen molar-refractivity contribution in [1.82, 2.24) is 9.80 Å². The van der Waals surface area contributed by atoms with Crippen LogP contribution in [0.2, 0.25) is 0 Å². The number of hydrogen-bond acceptors (Lipinski definition) is 3. The molecule has 4 aliphatic rings. The molecular formula is C22H30N2O3. The number of piperidine rings is 1. The van der Waals surface area contributed by atoms with Crippen LogP contribution in [0.25, 0.3) is 0 Å². The number of fused-ring (bicyclic) bond motifs is 4. The fraction of sp³-hybridized carbons (Fsp3) is 0.636. The molecule has 0 unspecified atom stereocenters. The molecule has 0 N–H and O–H groups in total. The average molecular weight is 370 g/mol. The van der Waals surface area contributed by atoms with Gasteiger partial charge < -0.3 is 14.5 Å². The second-order valence-electron chi connectivity index (χ2n) is 8.36. The minimum absolute atomic E-state index is 0.205. The van der Waals surface area contributed by atoms with Crippen LogP contribution in [0.1, 0.15) is 44.1 Å². The summed E-state index contributed by atoms with van der Waals surface area (Å²) in [6.45, 7) is 2.40. The van der Waals surface area contributed by atoms with Gasteiger partial charge in [-0.2, -0.15) is 0 Å². The maximum absolute atomic E-state index is 12.9. The number of hydrogen-bond donors (Lipinski definition) is 0. The van der Waals surface area contributed by atoms with Crippen molar-refractivity contribution in [3.05, 3.63) is 29.8 Å². The van der Waals surface area contributed by atoms with E-state index in [0.29, 0.717) is 18.2 Å². The molecule has 27 heavy (non-hydrogen) atoms. The smallest absolute Gasteiger partial charge is 0.225 e. The predicted octanol–water partition coefficient (Wildman–Crippen LogP) is 2.88. The van der Waals surface area contributed by atoms with E-state index in [1.54, 1.807) is 7.11 Å². The molecule has 3 heterocycles. The van der Waals surface area contributed by atoms with Gasteiger partial charge in [-0.15, -0.1) is 0 Å². The van der Waals surface area contributed by atoms with Crippen LogP contribution in [0.5, 0.6) is 5.75 Å². The first kappa shape index (κ1) is 18.3. The first-order chi connectivity index (χ1) is 13.1. The van der Waals surface area contributed by atoms with E-state index in [2.05, 4.69) is 9.80 Å². The van der Waals surface area contributed by atoms with Crippen LogP contribution in [0, 0.1) is 11.8 Å². The summed E-state index contributed by atoms with van der Waals surface area (Å²) in [5.41, 5.74) is 1.16. The Morgan fingerprint density at radius 1 is 1.04 bits per heavy atom. The lowest BCUT2D eigenvalue weighted by atomic mass is 9.84. The molecule has 4 fully saturated rings. The fourth-order valence-corrected chi connectivity index (χ4v) is 4.67. The number of benzene rings is 1. The highest BCUT2D eigenvalue weighted by molar-refractivity contribution is 5.80. The fourth-order valence-electron chi connectivity index (χ4n) is 4.67. The van der Waals surface area contributed by atoms with Gasteiger partial charge in [-0.3, -0.25) is 9.59 Å². The highest BCUT2D eigenvalue weighted by Crippen LogP contribution is 2.33. The predicted molar refractivity (Wildman–Crippen MR) is 103 cm³/mol. The van der Waals surface area contributed by atoms with E-state index in [0.717, 1.165) is 63.1 Å². The summed E-state index contributed by atoms with van der Waals surface area (Å²) in [5.74, 6) is 2.11. The summed E-state index contributed by atoms with van der Waals surface area (Å²) in [4.78, 5) is 29.8. The van der Waals surface area contributed by atoms with E-state index in [1.807, 2.05) is 24.3 Å². The number of methoxy groups -OCH3 is 1. The number of aryl methyl sites for hydroxylation is 1. The van der Waals surface area contributed by atoms with Crippen molar-refractivity contribution >= 4 is 11.8 Å². The SMILES string of the molecule is COc1ccc(CCC(=O)N2C[C@H]3CC[C@@H]2CN(C(=O)C2CCC2)C3)cc1. The van der Waals surface area contributed by atoms with Crippen molar-refractivity contribution in [2.45, 2.75) is 51.0 Å². The Morgan fingerprint density at radius 2 is 1.81 bits per heavy atom. The standard InChI is InChI=1S/C22H30N2O3/c1-27-20-10-6-16(7-11-20)8-12-21(25)24-14-17-5-9-19(24)15-23(13-17)22(26)18-3-2-4-18/h6-7,10-11,17-19H,2-5,8-9,12-15H2,1H3/t17-,19+/m0/s1. The van der Waals surface area contributed by atoms with Crippen LogP contribution >= 0.6 is 0 Å². The first-order valence-electron chi connectivity index (χ1n) is 10.3. The van der Waals surface area contributed by atoms with Crippen molar-refractivity contribution in [1.29, 1.82) is 0 Å². The second kappa shape index (κ2) is 7.91. The average Bonchev–Trinajstić information content (AvgIpc) is 2.97. The summed E-state index contributed by atoms with van der Waals surface area (Å²) in [5, 5.41) is 0. The van der Waals surface area contributed by atoms with Crippen LogP contribution in [0.3, 0.4) is 0 Å². The van der Waals surface area contributed by atoms with Crippen LogP contribution in [-0.2, 0) is 16.0 Å². The number of carbonyl (C=O) groups is 2. The van der Waals surface area contributed by atoms with Crippen LogP contribution in [0.4, 0.5) is 0 Å². The molecule has 0 radical (unpaired) electrons. The second-order valence-corrected chi connectivity index (χ2v) is 8.36. The van der Waals surface area contributed by atoms with Gasteiger partial charge in [-0.25, -0.2) is 0 Å². The lowest BCUT2D eigenvalue weighted by Crippen LogP contribution is -2.48. The molecule has 1 aromatic rings. The van der Waals surface area contributed by atoms with Crippen molar-refractivity contribution < 1.29 is 14.3 Å². The Morgan fingerprint density at radius 3 is 2.48 bits per heavy atom. The number of carbonyl (C=O) groups excluding carboxylic acids is 2. The van der Waals surface area contributed by atoms with Gasteiger partial charge in [0, 0.05) is 38.0 Å². The molecule has 1 aromatic carbocycles. The number of rotatable bonds is 5. The third-order valence-corrected chi connectivity index (χ3v) is 6.59. The van der Waals surface area contributed by atoms with Gasteiger partial charge in [-0.1, -0.05) is 18.6 Å². The van der Waals surface area contributed by atoms with Crippen LogP contribution in [-0.4, -0.2) is 54.4 Å². The summed E-state index contributed by atoms with van der Waals surface area (Å²) in [6, 6.07) is 8.14. The highest BCUT2D eigenvalue weighted by Gasteiger charge is 2.40. The Hall–Kier alpha value is -2.04. The van der Waals surface area contributed by atoms with E-state index < -0.39 is 0 Å². The zero-order chi connectivity index (χ0) is 18.8. The molecule has 146 valence electrons. The maximum atomic E-state index is 12.9. The van der Waals surface area contributed by atoms with Gasteiger partial charge in [0.05, 0.1) is 7.11 Å². The lowest BCUT2D eigenvalue weighted by Gasteiger charge is -2.36. The van der Waals surface area contributed by atoms with Gasteiger partial charge in [-0.05, 0) is 55.7 Å². The number of ether oxygens (including phenoxy) is 1. The van der Waals surface area contributed by atoms with E-state index >= 15 is 0 Å². The van der Waals surface area contributed by atoms with Gasteiger partial charge in [0.1, 0.15) is 5.75 Å². The minimum Gasteiger partial charge on any atom is -0.497 e. The largest absolute Gasteiger partial charge is 0.497 e. The molecule has 3 saturated heterocycles. The normalized spacial score (nSPS) is 25.1. The summed E-state index contributed by atoms with van der Waals surface area (Å²) in [6.07, 6.45) is 6.75. The lowest BCUT2D eigenvalue weighted by molar-refractivity contribution is -0.140. The molecule has 5 heteroatoms.